The summed E-state index contributed by atoms with van der Waals surface area (Å²) in [6.45, 7) is 5.33. The Morgan fingerprint density at radius 1 is 1.10 bits per heavy atom. The summed E-state index contributed by atoms with van der Waals surface area (Å²) in [5.74, 6) is 0.261. The topological polar surface area (TPSA) is 49.6 Å². The maximum atomic E-state index is 12.0. The first-order valence-corrected chi connectivity index (χ1v) is 7.53. The summed E-state index contributed by atoms with van der Waals surface area (Å²) in [7, 11) is 0. The Balaban J connectivity index is 1.81. The third kappa shape index (κ3) is 4.62. The molecule has 1 aromatic carbocycles. The van der Waals surface area contributed by atoms with Crippen molar-refractivity contribution < 1.29 is 4.79 Å². The minimum Gasteiger partial charge on any atom is -0.341 e. The molecule has 1 amide bonds. The van der Waals surface area contributed by atoms with Crippen LogP contribution in [0.4, 0.5) is 0 Å². The molecule has 1 aromatic rings. The molecule has 0 unspecified atom stereocenters. The minimum absolute atomic E-state index is 0.261. The van der Waals surface area contributed by atoms with E-state index >= 15 is 0 Å². The molecule has 0 aromatic heterocycles. The highest BCUT2D eigenvalue weighted by atomic mass is 16.2. The van der Waals surface area contributed by atoms with E-state index < -0.39 is 0 Å². The van der Waals surface area contributed by atoms with Crippen molar-refractivity contribution in [1.82, 2.24) is 9.80 Å². The van der Waals surface area contributed by atoms with Crippen molar-refractivity contribution in [2.45, 2.75) is 25.8 Å². The maximum Gasteiger partial charge on any atom is 0.222 e. The van der Waals surface area contributed by atoms with Gasteiger partial charge in [-0.2, -0.15) is 0 Å². The van der Waals surface area contributed by atoms with Crippen LogP contribution in [0.2, 0.25) is 0 Å². The van der Waals surface area contributed by atoms with Gasteiger partial charge in [0.15, 0.2) is 0 Å². The molecular weight excluding hydrogens is 250 g/mol. The average molecular weight is 275 g/mol. The molecule has 1 saturated heterocycles. The van der Waals surface area contributed by atoms with Gasteiger partial charge < -0.3 is 10.6 Å². The number of nitrogens with zero attached hydrogens (tertiary/aromatic N) is 2. The molecule has 0 saturated carbocycles. The lowest BCUT2D eigenvalue weighted by Gasteiger charge is -2.22. The number of hydrogen-bond donors (Lipinski definition) is 1. The molecular formula is C16H25N3O. The third-order valence-corrected chi connectivity index (χ3v) is 3.78. The first kappa shape index (κ1) is 15.0. The molecule has 4 nitrogen and oxygen atoms in total. The Morgan fingerprint density at radius 2 is 1.90 bits per heavy atom. The van der Waals surface area contributed by atoms with Gasteiger partial charge in [0.2, 0.25) is 5.91 Å². The van der Waals surface area contributed by atoms with Crippen molar-refractivity contribution in [2.24, 2.45) is 5.73 Å². The molecule has 0 atom stereocenters. The smallest absolute Gasteiger partial charge is 0.222 e. The number of hydrogen-bond acceptors (Lipinski definition) is 3. The van der Waals surface area contributed by atoms with Crippen LogP contribution in [0.5, 0.6) is 0 Å². The van der Waals surface area contributed by atoms with Crippen molar-refractivity contribution in [3.05, 3.63) is 35.9 Å². The Kier molecular flexibility index (Phi) is 6.02. The lowest BCUT2D eigenvalue weighted by Crippen LogP contribution is -2.35. The van der Waals surface area contributed by atoms with Gasteiger partial charge >= 0.3 is 0 Å². The highest BCUT2D eigenvalue weighted by Crippen LogP contribution is 2.10. The monoisotopic (exact) mass is 275 g/mol. The second-order valence-corrected chi connectivity index (χ2v) is 5.39. The third-order valence-electron chi connectivity index (χ3n) is 3.78. The zero-order valence-electron chi connectivity index (χ0n) is 12.1. The first-order valence-electron chi connectivity index (χ1n) is 7.53. The van der Waals surface area contributed by atoms with E-state index in [0.717, 1.165) is 45.6 Å². The molecule has 0 spiro atoms. The molecule has 2 N–H and O–H groups in total. The number of carbonyl (C=O) groups excluding carboxylic acids is 1. The van der Waals surface area contributed by atoms with Crippen molar-refractivity contribution >= 4 is 5.91 Å². The summed E-state index contributed by atoms with van der Waals surface area (Å²) in [4.78, 5) is 16.5. The van der Waals surface area contributed by atoms with E-state index in [1.165, 1.54) is 5.56 Å². The molecule has 0 bridgehead atoms. The predicted molar refractivity (Wildman–Crippen MR) is 81.2 cm³/mol. The van der Waals surface area contributed by atoms with E-state index in [4.69, 9.17) is 5.73 Å². The number of amides is 1. The highest BCUT2D eigenvalue weighted by Gasteiger charge is 2.18. The molecule has 1 fully saturated rings. The molecule has 4 heteroatoms. The van der Waals surface area contributed by atoms with E-state index in [1.807, 2.05) is 11.0 Å². The van der Waals surface area contributed by atoms with Crippen molar-refractivity contribution in [2.75, 3.05) is 32.7 Å². The summed E-state index contributed by atoms with van der Waals surface area (Å²) in [5, 5.41) is 0. The summed E-state index contributed by atoms with van der Waals surface area (Å²) >= 11 is 0. The zero-order valence-corrected chi connectivity index (χ0v) is 12.1. The maximum absolute atomic E-state index is 12.0. The Bertz CT molecular complexity index is 407. The Labute approximate surface area is 121 Å². The van der Waals surface area contributed by atoms with E-state index in [2.05, 4.69) is 29.2 Å². The standard InChI is InChI=1S/C16H25N3O/c17-9-4-8-16(20)19-11-5-10-18(12-13-19)14-15-6-2-1-3-7-15/h1-3,6-7H,4-5,8-14,17H2. The molecule has 2 rings (SSSR count). The SMILES string of the molecule is NCCCC(=O)N1CCCN(Cc2ccccc2)CC1. The molecule has 1 aliphatic heterocycles. The number of nitrogens with two attached hydrogens (primary N) is 1. The second kappa shape index (κ2) is 8.02. The molecule has 20 heavy (non-hydrogen) atoms. The quantitative estimate of drug-likeness (QED) is 0.885. The predicted octanol–water partition coefficient (Wildman–Crippen LogP) is 1.46. The second-order valence-electron chi connectivity index (χ2n) is 5.39. The van der Waals surface area contributed by atoms with Crippen LogP contribution in [-0.4, -0.2) is 48.4 Å². The van der Waals surface area contributed by atoms with Crippen LogP contribution in [0, 0.1) is 0 Å². The largest absolute Gasteiger partial charge is 0.341 e. The van der Waals surface area contributed by atoms with E-state index in [1.54, 1.807) is 0 Å². The van der Waals surface area contributed by atoms with Gasteiger partial charge in [0, 0.05) is 39.1 Å². The Morgan fingerprint density at radius 3 is 2.65 bits per heavy atom. The van der Waals surface area contributed by atoms with Crippen LogP contribution < -0.4 is 5.73 Å². The molecule has 1 heterocycles. The fourth-order valence-corrected chi connectivity index (χ4v) is 2.63. The van der Waals surface area contributed by atoms with Crippen molar-refractivity contribution in [3.8, 4) is 0 Å². The summed E-state index contributed by atoms with van der Waals surface area (Å²) < 4.78 is 0. The average Bonchev–Trinajstić information content (AvgIpc) is 2.71. The lowest BCUT2D eigenvalue weighted by atomic mass is 10.2. The Hall–Kier alpha value is -1.39. The summed E-state index contributed by atoms with van der Waals surface area (Å²) in [6.07, 6.45) is 2.44. The zero-order chi connectivity index (χ0) is 14.2. The van der Waals surface area contributed by atoms with Gasteiger partial charge in [-0.3, -0.25) is 9.69 Å². The van der Waals surface area contributed by atoms with Crippen molar-refractivity contribution in [1.29, 1.82) is 0 Å². The van der Waals surface area contributed by atoms with E-state index in [0.29, 0.717) is 13.0 Å². The first-order chi connectivity index (χ1) is 9.79. The van der Waals surface area contributed by atoms with E-state index in [9.17, 15) is 4.79 Å². The van der Waals surface area contributed by atoms with Gasteiger partial charge in [-0.25, -0.2) is 0 Å². The summed E-state index contributed by atoms with van der Waals surface area (Å²) in [5.41, 5.74) is 6.81. The molecule has 0 aliphatic carbocycles. The van der Waals surface area contributed by atoms with Gasteiger partial charge in [0.05, 0.1) is 0 Å². The number of benzene rings is 1. The minimum atomic E-state index is 0.261. The van der Waals surface area contributed by atoms with Gasteiger partial charge in [-0.1, -0.05) is 30.3 Å². The van der Waals surface area contributed by atoms with Gasteiger partial charge in [-0.15, -0.1) is 0 Å². The lowest BCUT2D eigenvalue weighted by molar-refractivity contribution is -0.131. The van der Waals surface area contributed by atoms with Crippen LogP contribution >= 0.6 is 0 Å². The van der Waals surface area contributed by atoms with E-state index in [-0.39, 0.29) is 5.91 Å². The number of rotatable bonds is 5. The van der Waals surface area contributed by atoms with Crippen LogP contribution in [0.15, 0.2) is 30.3 Å². The van der Waals surface area contributed by atoms with Gasteiger partial charge in [0.25, 0.3) is 0 Å². The highest BCUT2D eigenvalue weighted by molar-refractivity contribution is 5.76. The fraction of sp³-hybridized carbons (Fsp3) is 0.562. The molecule has 0 radical (unpaired) electrons. The van der Waals surface area contributed by atoms with Crippen LogP contribution in [0.25, 0.3) is 0 Å². The normalized spacial score (nSPS) is 16.9. The molecule has 1 aliphatic rings. The van der Waals surface area contributed by atoms with Gasteiger partial charge in [0.1, 0.15) is 0 Å². The summed E-state index contributed by atoms with van der Waals surface area (Å²) in [6, 6.07) is 10.5. The van der Waals surface area contributed by atoms with Crippen molar-refractivity contribution in [3.63, 3.8) is 0 Å². The fourth-order valence-electron chi connectivity index (χ4n) is 2.63. The molecule has 110 valence electrons. The van der Waals surface area contributed by atoms with Crippen LogP contribution in [0.3, 0.4) is 0 Å². The van der Waals surface area contributed by atoms with Crippen LogP contribution in [0.1, 0.15) is 24.8 Å². The van der Waals surface area contributed by atoms with Crippen LogP contribution in [-0.2, 0) is 11.3 Å². The van der Waals surface area contributed by atoms with Gasteiger partial charge in [-0.05, 0) is 24.9 Å². The number of carbonyl (C=O) groups is 1.